The lowest BCUT2D eigenvalue weighted by Gasteiger charge is -2.11. The van der Waals surface area contributed by atoms with Crippen LogP contribution in [0.25, 0.3) is 0 Å². The van der Waals surface area contributed by atoms with Gasteiger partial charge in [0.1, 0.15) is 0 Å². The molecule has 0 saturated heterocycles. The number of carbonyl (C=O) groups is 3. The molecule has 0 bridgehead atoms. The average molecular weight is 411 g/mol. The lowest BCUT2D eigenvalue weighted by Crippen LogP contribution is -2.25. The Bertz CT molecular complexity index is 880. The molecule has 0 aliphatic heterocycles. The summed E-state index contributed by atoms with van der Waals surface area (Å²) >= 11 is 0. The Balaban J connectivity index is 1.88. The van der Waals surface area contributed by atoms with Crippen LogP contribution in [0.5, 0.6) is 0 Å². The van der Waals surface area contributed by atoms with Crippen molar-refractivity contribution in [1.82, 2.24) is 5.32 Å². The van der Waals surface area contributed by atoms with Gasteiger partial charge in [0.2, 0.25) is 11.8 Å². The molecule has 7 nitrogen and oxygen atoms in total. The number of amides is 3. The smallest absolute Gasteiger partial charge is 0.251 e. The van der Waals surface area contributed by atoms with Crippen LogP contribution < -0.4 is 21.3 Å². The van der Waals surface area contributed by atoms with E-state index in [0.29, 0.717) is 23.5 Å². The molecule has 2 aromatic carbocycles. The van der Waals surface area contributed by atoms with Crippen LogP contribution in [0, 0.1) is 5.92 Å². The van der Waals surface area contributed by atoms with E-state index in [1.165, 1.54) is 0 Å². The minimum Gasteiger partial charge on any atom is -0.376 e. The van der Waals surface area contributed by atoms with Gasteiger partial charge in [-0.05, 0) is 42.8 Å². The number of hydrogen-bond acceptors (Lipinski definition) is 4. The first-order chi connectivity index (χ1) is 14.4. The molecule has 7 heteroatoms. The maximum atomic E-state index is 12.3. The Kier molecular flexibility index (Phi) is 8.87. The zero-order chi connectivity index (χ0) is 21.9. The van der Waals surface area contributed by atoms with Crippen molar-refractivity contribution in [2.45, 2.75) is 33.6 Å². The van der Waals surface area contributed by atoms with Crippen molar-refractivity contribution >= 4 is 34.8 Å². The molecule has 0 aromatic heterocycles. The molecule has 160 valence electrons. The van der Waals surface area contributed by atoms with Crippen molar-refractivity contribution in [2.24, 2.45) is 5.92 Å². The first-order valence-electron chi connectivity index (χ1n) is 10.2. The Hall–Kier alpha value is -3.35. The van der Waals surface area contributed by atoms with Crippen LogP contribution in [0.3, 0.4) is 0 Å². The fraction of sp³-hybridized carbons (Fsp3) is 0.348. The predicted octanol–water partition coefficient (Wildman–Crippen LogP) is 3.86. The van der Waals surface area contributed by atoms with Gasteiger partial charge < -0.3 is 21.3 Å². The van der Waals surface area contributed by atoms with Gasteiger partial charge >= 0.3 is 0 Å². The third kappa shape index (κ3) is 7.58. The standard InChI is InChI=1S/C23H30N4O3/c1-4-5-12-24-23(30)17-8-6-10-19(13-17)26-21(28)15-25-18-9-7-11-20(14-18)27-22(29)16(2)3/h6-11,13-14,16,25H,4-5,12,15H2,1-3H3,(H,24,30)(H,26,28)(H,27,29). The molecule has 4 N–H and O–H groups in total. The fourth-order valence-corrected chi connectivity index (χ4v) is 2.60. The number of benzene rings is 2. The van der Waals surface area contributed by atoms with Gasteiger partial charge in [0.25, 0.3) is 5.91 Å². The van der Waals surface area contributed by atoms with E-state index in [2.05, 4.69) is 28.2 Å². The van der Waals surface area contributed by atoms with Gasteiger partial charge in [-0.1, -0.05) is 39.3 Å². The van der Waals surface area contributed by atoms with Gasteiger partial charge in [0.05, 0.1) is 6.54 Å². The Morgan fingerprint density at radius 1 is 0.900 bits per heavy atom. The third-order valence-corrected chi connectivity index (χ3v) is 4.33. The first kappa shape index (κ1) is 22.9. The monoisotopic (exact) mass is 410 g/mol. The molecule has 3 amide bonds. The van der Waals surface area contributed by atoms with E-state index in [1.807, 2.05) is 19.9 Å². The van der Waals surface area contributed by atoms with Crippen LogP contribution in [0.4, 0.5) is 17.1 Å². The highest BCUT2D eigenvalue weighted by molar-refractivity contribution is 5.98. The number of rotatable bonds is 10. The lowest BCUT2D eigenvalue weighted by molar-refractivity contribution is -0.119. The highest BCUT2D eigenvalue weighted by atomic mass is 16.2. The van der Waals surface area contributed by atoms with Crippen molar-refractivity contribution in [3.63, 3.8) is 0 Å². The minimum atomic E-state index is -0.241. The summed E-state index contributed by atoms with van der Waals surface area (Å²) in [4.78, 5) is 36.3. The van der Waals surface area contributed by atoms with Crippen molar-refractivity contribution in [1.29, 1.82) is 0 Å². The SMILES string of the molecule is CCCCNC(=O)c1cccc(NC(=O)CNc2cccc(NC(=O)C(C)C)c2)c1. The molecule has 0 atom stereocenters. The molecule has 0 saturated carbocycles. The molecule has 0 radical (unpaired) electrons. The van der Waals surface area contributed by atoms with Crippen LogP contribution in [-0.2, 0) is 9.59 Å². The van der Waals surface area contributed by atoms with Crippen LogP contribution in [0.15, 0.2) is 48.5 Å². The summed E-state index contributed by atoms with van der Waals surface area (Å²) in [6.07, 6.45) is 1.94. The molecule has 0 heterocycles. The van der Waals surface area contributed by atoms with Crippen LogP contribution in [-0.4, -0.2) is 30.8 Å². The van der Waals surface area contributed by atoms with Gasteiger partial charge in [-0.15, -0.1) is 0 Å². The van der Waals surface area contributed by atoms with Crippen molar-refractivity contribution < 1.29 is 14.4 Å². The minimum absolute atomic E-state index is 0.0501. The van der Waals surface area contributed by atoms with Crippen molar-refractivity contribution in [2.75, 3.05) is 29.0 Å². The van der Waals surface area contributed by atoms with Crippen LogP contribution >= 0.6 is 0 Å². The zero-order valence-electron chi connectivity index (χ0n) is 17.7. The maximum absolute atomic E-state index is 12.3. The van der Waals surface area contributed by atoms with E-state index >= 15 is 0 Å². The molecule has 2 aromatic rings. The highest BCUT2D eigenvalue weighted by Crippen LogP contribution is 2.16. The molecule has 0 fully saturated rings. The summed E-state index contributed by atoms with van der Waals surface area (Å²) in [7, 11) is 0. The largest absolute Gasteiger partial charge is 0.376 e. The van der Waals surface area contributed by atoms with E-state index in [0.717, 1.165) is 18.5 Å². The number of unbranched alkanes of at least 4 members (excludes halogenated alkanes) is 1. The number of hydrogen-bond donors (Lipinski definition) is 4. The second-order valence-corrected chi connectivity index (χ2v) is 7.32. The summed E-state index contributed by atoms with van der Waals surface area (Å²) in [5.41, 5.74) is 2.45. The number of anilines is 3. The third-order valence-electron chi connectivity index (χ3n) is 4.33. The zero-order valence-corrected chi connectivity index (χ0v) is 17.7. The van der Waals surface area contributed by atoms with Crippen molar-refractivity contribution in [3.8, 4) is 0 Å². The van der Waals surface area contributed by atoms with E-state index in [-0.39, 0.29) is 30.2 Å². The highest BCUT2D eigenvalue weighted by Gasteiger charge is 2.09. The molecule has 0 spiro atoms. The van der Waals surface area contributed by atoms with Crippen LogP contribution in [0.1, 0.15) is 44.0 Å². The van der Waals surface area contributed by atoms with Gasteiger partial charge in [0.15, 0.2) is 0 Å². The summed E-state index contributed by atoms with van der Waals surface area (Å²) in [6, 6.07) is 14.0. The van der Waals surface area contributed by atoms with Gasteiger partial charge in [-0.2, -0.15) is 0 Å². The summed E-state index contributed by atoms with van der Waals surface area (Å²) < 4.78 is 0. The molecular formula is C23H30N4O3. The van der Waals surface area contributed by atoms with Gasteiger partial charge in [-0.25, -0.2) is 0 Å². The Morgan fingerprint density at radius 2 is 1.57 bits per heavy atom. The maximum Gasteiger partial charge on any atom is 0.251 e. The number of carbonyl (C=O) groups excluding carboxylic acids is 3. The van der Waals surface area contributed by atoms with Gasteiger partial charge in [0, 0.05) is 35.1 Å². The molecule has 0 aliphatic rings. The van der Waals surface area contributed by atoms with Crippen LogP contribution in [0.2, 0.25) is 0 Å². The lowest BCUT2D eigenvalue weighted by atomic mass is 10.2. The van der Waals surface area contributed by atoms with E-state index in [9.17, 15) is 14.4 Å². The van der Waals surface area contributed by atoms with Crippen molar-refractivity contribution in [3.05, 3.63) is 54.1 Å². The van der Waals surface area contributed by atoms with Gasteiger partial charge in [-0.3, -0.25) is 14.4 Å². The quantitative estimate of drug-likeness (QED) is 0.447. The van der Waals surface area contributed by atoms with E-state index in [4.69, 9.17) is 0 Å². The normalized spacial score (nSPS) is 10.4. The second-order valence-electron chi connectivity index (χ2n) is 7.32. The second kappa shape index (κ2) is 11.6. The molecule has 0 unspecified atom stereocenters. The summed E-state index contributed by atoms with van der Waals surface area (Å²) in [5, 5.41) is 11.5. The van der Waals surface area contributed by atoms with E-state index < -0.39 is 0 Å². The predicted molar refractivity (Wildman–Crippen MR) is 121 cm³/mol. The fourth-order valence-electron chi connectivity index (χ4n) is 2.60. The molecular weight excluding hydrogens is 380 g/mol. The molecule has 2 rings (SSSR count). The first-order valence-corrected chi connectivity index (χ1v) is 10.2. The summed E-state index contributed by atoms with van der Waals surface area (Å²) in [5.74, 6) is -0.575. The Morgan fingerprint density at radius 3 is 2.27 bits per heavy atom. The van der Waals surface area contributed by atoms with E-state index in [1.54, 1.807) is 42.5 Å². The molecule has 30 heavy (non-hydrogen) atoms. The molecule has 0 aliphatic carbocycles. The number of nitrogens with one attached hydrogen (secondary N) is 4. The Labute approximate surface area is 177 Å². The average Bonchev–Trinajstić information content (AvgIpc) is 2.73. The topological polar surface area (TPSA) is 99.3 Å². The summed E-state index contributed by atoms with van der Waals surface area (Å²) in [6.45, 7) is 6.40.